The van der Waals surface area contributed by atoms with Gasteiger partial charge in [0.1, 0.15) is 0 Å². The Morgan fingerprint density at radius 2 is 2.05 bits per heavy atom. The van der Waals surface area contributed by atoms with Gasteiger partial charge in [0.2, 0.25) is 0 Å². The quantitative estimate of drug-likeness (QED) is 0.874. The van der Waals surface area contributed by atoms with Crippen LogP contribution in [0.1, 0.15) is 12.0 Å². The molecule has 1 aromatic rings. The van der Waals surface area contributed by atoms with E-state index < -0.39 is 5.97 Å². The molecule has 1 saturated heterocycles. The highest BCUT2D eigenvalue weighted by Crippen LogP contribution is 2.20. The number of likely N-dealkylation sites (tertiary alicyclic amines) is 1. The zero-order valence-electron chi connectivity index (χ0n) is 11.5. The van der Waals surface area contributed by atoms with E-state index in [0.717, 1.165) is 12.0 Å². The van der Waals surface area contributed by atoms with Gasteiger partial charge in [0.25, 0.3) is 0 Å². The molecule has 0 bridgehead atoms. The van der Waals surface area contributed by atoms with Crippen molar-refractivity contribution in [1.82, 2.24) is 14.8 Å². The van der Waals surface area contributed by atoms with Crippen LogP contribution in [0.5, 0.6) is 0 Å². The average Bonchev–Trinajstić information content (AvgIpc) is 2.40. The molecule has 20 heavy (non-hydrogen) atoms. The van der Waals surface area contributed by atoms with E-state index in [1.165, 1.54) is 0 Å². The van der Waals surface area contributed by atoms with Gasteiger partial charge in [0.05, 0.1) is 6.42 Å². The van der Waals surface area contributed by atoms with E-state index in [1.54, 1.807) is 29.2 Å². The molecule has 6 heteroatoms. The summed E-state index contributed by atoms with van der Waals surface area (Å²) in [5.74, 6) is -0.696. The van der Waals surface area contributed by atoms with Gasteiger partial charge in [-0.2, -0.15) is 0 Å². The normalized spacial score (nSPS) is 14.8. The van der Waals surface area contributed by atoms with Gasteiger partial charge in [0, 0.05) is 45.0 Å². The summed E-state index contributed by atoms with van der Waals surface area (Å²) in [6, 6.07) is 3.84. The van der Waals surface area contributed by atoms with Crippen LogP contribution in [0.3, 0.4) is 0 Å². The molecule has 6 nitrogen and oxygen atoms in total. The maximum Gasteiger partial charge on any atom is 0.319 e. The fourth-order valence-electron chi connectivity index (χ4n) is 2.29. The monoisotopic (exact) mass is 277 g/mol. The molecule has 0 aromatic carbocycles. The Labute approximate surface area is 118 Å². The summed E-state index contributed by atoms with van der Waals surface area (Å²) in [5.41, 5.74) is 1.15. The van der Waals surface area contributed by atoms with Crippen LogP contribution in [0.2, 0.25) is 0 Å². The molecule has 0 unspecified atom stereocenters. The van der Waals surface area contributed by atoms with E-state index in [-0.39, 0.29) is 18.4 Å². The number of carboxylic acid groups (broad SMARTS) is 1. The fraction of sp³-hybridized carbons (Fsp3) is 0.500. The minimum atomic E-state index is -0.798. The van der Waals surface area contributed by atoms with Crippen molar-refractivity contribution in [2.24, 2.45) is 5.92 Å². The number of carbonyl (C=O) groups excluding carboxylic acids is 1. The molecule has 1 N–H and O–H groups in total. The molecule has 1 aromatic heterocycles. The molecule has 0 spiro atoms. The third-order valence-corrected chi connectivity index (χ3v) is 3.50. The fourth-order valence-corrected chi connectivity index (χ4v) is 2.29. The number of aromatic nitrogens is 1. The number of rotatable bonds is 5. The first-order valence-electron chi connectivity index (χ1n) is 6.67. The van der Waals surface area contributed by atoms with E-state index in [9.17, 15) is 9.59 Å². The van der Waals surface area contributed by atoms with E-state index in [0.29, 0.717) is 19.6 Å². The highest BCUT2D eigenvalue weighted by Gasteiger charge is 2.33. The lowest BCUT2D eigenvalue weighted by molar-refractivity contribution is -0.139. The Bertz CT molecular complexity index is 472. The van der Waals surface area contributed by atoms with Gasteiger partial charge in [-0.15, -0.1) is 0 Å². The van der Waals surface area contributed by atoms with Crippen LogP contribution in [0.15, 0.2) is 24.5 Å². The van der Waals surface area contributed by atoms with Gasteiger partial charge in [-0.1, -0.05) is 0 Å². The summed E-state index contributed by atoms with van der Waals surface area (Å²) in [7, 11) is 1.77. The number of hydrogen-bond acceptors (Lipinski definition) is 3. The summed E-state index contributed by atoms with van der Waals surface area (Å²) in [6.45, 7) is 1.73. The van der Waals surface area contributed by atoms with Crippen LogP contribution in [0.25, 0.3) is 0 Å². The third kappa shape index (κ3) is 3.69. The summed E-state index contributed by atoms with van der Waals surface area (Å²) in [4.78, 5) is 29.9. The Hall–Kier alpha value is -2.11. The Morgan fingerprint density at radius 3 is 2.65 bits per heavy atom. The van der Waals surface area contributed by atoms with Crippen LogP contribution in [0.4, 0.5) is 4.79 Å². The SMILES string of the molecule is CN(CCc1ccncc1)C(=O)N1CC(CC(=O)O)C1. The van der Waals surface area contributed by atoms with Crippen LogP contribution in [-0.2, 0) is 11.2 Å². The zero-order chi connectivity index (χ0) is 14.5. The summed E-state index contributed by atoms with van der Waals surface area (Å²) in [6.07, 6.45) is 4.41. The minimum Gasteiger partial charge on any atom is -0.481 e. The molecule has 1 aliphatic rings. The van der Waals surface area contributed by atoms with Crippen LogP contribution >= 0.6 is 0 Å². The number of nitrogens with zero attached hydrogens (tertiary/aromatic N) is 3. The molecule has 2 rings (SSSR count). The second kappa shape index (κ2) is 6.36. The van der Waals surface area contributed by atoms with Crippen molar-refractivity contribution < 1.29 is 14.7 Å². The average molecular weight is 277 g/mol. The number of carbonyl (C=O) groups is 2. The van der Waals surface area contributed by atoms with Crippen molar-refractivity contribution in [3.05, 3.63) is 30.1 Å². The number of urea groups is 1. The Balaban J connectivity index is 1.72. The number of carboxylic acids is 1. The van der Waals surface area contributed by atoms with Gasteiger partial charge in [-0.05, 0) is 24.1 Å². The highest BCUT2D eigenvalue weighted by atomic mass is 16.4. The van der Waals surface area contributed by atoms with Crippen molar-refractivity contribution in [3.8, 4) is 0 Å². The third-order valence-electron chi connectivity index (χ3n) is 3.50. The largest absolute Gasteiger partial charge is 0.481 e. The molecular formula is C14H19N3O3. The lowest BCUT2D eigenvalue weighted by atomic mass is 9.97. The van der Waals surface area contributed by atoms with Gasteiger partial charge in [-0.3, -0.25) is 9.78 Å². The minimum absolute atomic E-state index is 0.0271. The van der Waals surface area contributed by atoms with Crippen molar-refractivity contribution in [2.75, 3.05) is 26.7 Å². The van der Waals surface area contributed by atoms with Crippen molar-refractivity contribution >= 4 is 12.0 Å². The molecule has 0 saturated carbocycles. The number of likely N-dealkylation sites (N-methyl/N-ethyl adjacent to an activating group) is 1. The van der Waals surface area contributed by atoms with E-state index >= 15 is 0 Å². The molecule has 1 fully saturated rings. The standard InChI is InChI=1S/C14H19N3O3/c1-16(7-4-11-2-5-15-6-3-11)14(20)17-9-12(10-17)8-13(18)19/h2-3,5-6,12H,4,7-10H2,1H3,(H,18,19). The molecular weight excluding hydrogens is 258 g/mol. The second-order valence-corrected chi connectivity index (χ2v) is 5.18. The van der Waals surface area contributed by atoms with Crippen LogP contribution < -0.4 is 0 Å². The number of pyridine rings is 1. The maximum atomic E-state index is 12.1. The lowest BCUT2D eigenvalue weighted by Crippen LogP contribution is -2.54. The summed E-state index contributed by atoms with van der Waals surface area (Å²) >= 11 is 0. The maximum absolute atomic E-state index is 12.1. The van der Waals surface area contributed by atoms with Crippen LogP contribution in [-0.4, -0.2) is 58.6 Å². The van der Waals surface area contributed by atoms with Crippen LogP contribution in [0, 0.1) is 5.92 Å². The molecule has 1 aliphatic heterocycles. The summed E-state index contributed by atoms with van der Waals surface area (Å²) in [5, 5.41) is 8.67. The summed E-state index contributed by atoms with van der Waals surface area (Å²) < 4.78 is 0. The van der Waals surface area contributed by atoms with E-state index in [2.05, 4.69) is 4.98 Å². The smallest absolute Gasteiger partial charge is 0.319 e. The van der Waals surface area contributed by atoms with Gasteiger partial charge >= 0.3 is 12.0 Å². The van der Waals surface area contributed by atoms with Gasteiger partial charge in [-0.25, -0.2) is 4.79 Å². The highest BCUT2D eigenvalue weighted by molar-refractivity contribution is 5.75. The lowest BCUT2D eigenvalue weighted by Gasteiger charge is -2.40. The predicted octanol–water partition coefficient (Wildman–Crippen LogP) is 1.08. The van der Waals surface area contributed by atoms with Crippen molar-refractivity contribution in [2.45, 2.75) is 12.8 Å². The topological polar surface area (TPSA) is 73.7 Å². The number of amides is 2. The zero-order valence-corrected chi connectivity index (χ0v) is 11.5. The molecule has 2 heterocycles. The van der Waals surface area contributed by atoms with Crippen molar-refractivity contribution in [3.63, 3.8) is 0 Å². The Kier molecular flexibility index (Phi) is 4.55. The first kappa shape index (κ1) is 14.3. The second-order valence-electron chi connectivity index (χ2n) is 5.18. The molecule has 108 valence electrons. The van der Waals surface area contributed by atoms with E-state index in [4.69, 9.17) is 5.11 Å². The first-order valence-corrected chi connectivity index (χ1v) is 6.67. The molecule has 2 amide bonds. The number of aliphatic carboxylic acids is 1. The predicted molar refractivity (Wildman–Crippen MR) is 73.3 cm³/mol. The molecule has 0 radical (unpaired) electrons. The van der Waals surface area contributed by atoms with Gasteiger partial charge in [0.15, 0.2) is 0 Å². The molecule has 0 aliphatic carbocycles. The Morgan fingerprint density at radius 1 is 1.40 bits per heavy atom. The van der Waals surface area contributed by atoms with Gasteiger partial charge < -0.3 is 14.9 Å². The molecule has 0 atom stereocenters. The van der Waals surface area contributed by atoms with E-state index in [1.807, 2.05) is 12.1 Å². The first-order chi connectivity index (χ1) is 9.56. The number of hydrogen-bond donors (Lipinski definition) is 1. The van der Waals surface area contributed by atoms with Crippen molar-refractivity contribution in [1.29, 1.82) is 0 Å².